The van der Waals surface area contributed by atoms with E-state index < -0.39 is 0 Å². The highest BCUT2D eigenvalue weighted by Gasteiger charge is 2.21. The van der Waals surface area contributed by atoms with Crippen LogP contribution in [0, 0.1) is 0 Å². The topological polar surface area (TPSA) is 8.17 Å². The molecule has 0 radical (unpaired) electrons. The van der Waals surface area contributed by atoms with E-state index in [1.165, 1.54) is 82.1 Å². The minimum absolute atomic E-state index is 1.12. The molecule has 0 aliphatic heterocycles. The molecule has 0 aliphatic rings. The van der Waals surface area contributed by atoms with Gasteiger partial charge in [0, 0.05) is 32.9 Å². The normalized spacial score (nSPS) is 11.7. The van der Waals surface area contributed by atoms with Crippen LogP contribution in [0.15, 0.2) is 206 Å². The molecule has 11 rings (SSSR count). The SMILES string of the molecule is c1ccc(-c2ccc(-c3ccc(N(c4ccccc4)c4ccc5ccc6c(-n7c8ccccc8c8ccccc87)ccc7ccc4c5c76)cc3)cc2)cc1. The molecule has 10 aromatic carbocycles. The van der Waals surface area contributed by atoms with Gasteiger partial charge in [-0.15, -0.1) is 0 Å². The Morgan fingerprint density at radius 2 is 0.741 bits per heavy atom. The smallest absolute Gasteiger partial charge is 0.0541 e. The van der Waals surface area contributed by atoms with Gasteiger partial charge in [-0.2, -0.15) is 0 Å². The quantitative estimate of drug-likeness (QED) is 0.158. The fourth-order valence-electron chi connectivity index (χ4n) is 8.64. The van der Waals surface area contributed by atoms with Crippen LogP contribution < -0.4 is 4.90 Å². The maximum atomic E-state index is 2.45. The van der Waals surface area contributed by atoms with Crippen molar-refractivity contribution in [1.29, 1.82) is 0 Å². The molecule has 0 fully saturated rings. The van der Waals surface area contributed by atoms with Crippen LogP contribution in [0.1, 0.15) is 0 Å². The lowest BCUT2D eigenvalue weighted by molar-refractivity contribution is 1.20. The molecule has 0 N–H and O–H groups in total. The van der Waals surface area contributed by atoms with Gasteiger partial charge in [-0.05, 0) is 92.3 Å². The first kappa shape index (κ1) is 30.5. The zero-order chi connectivity index (χ0) is 35.6. The van der Waals surface area contributed by atoms with Crippen molar-refractivity contribution >= 4 is 71.2 Å². The molecule has 0 saturated carbocycles. The molecule has 11 aromatic rings. The van der Waals surface area contributed by atoms with Crippen molar-refractivity contribution in [3.8, 4) is 27.9 Å². The van der Waals surface area contributed by atoms with Crippen LogP contribution in [0.2, 0.25) is 0 Å². The molecule has 54 heavy (non-hydrogen) atoms. The molecule has 1 heterocycles. The highest BCUT2D eigenvalue weighted by Crippen LogP contribution is 2.46. The number of hydrogen-bond acceptors (Lipinski definition) is 1. The van der Waals surface area contributed by atoms with Crippen LogP contribution in [0.5, 0.6) is 0 Å². The Labute approximate surface area is 313 Å². The third kappa shape index (κ3) is 4.74. The van der Waals surface area contributed by atoms with Gasteiger partial charge in [0.2, 0.25) is 0 Å². The average molecular weight is 687 g/mol. The summed E-state index contributed by atoms with van der Waals surface area (Å²) in [7, 11) is 0. The van der Waals surface area contributed by atoms with E-state index in [-0.39, 0.29) is 0 Å². The second-order valence-electron chi connectivity index (χ2n) is 14.1. The van der Waals surface area contributed by atoms with Crippen LogP contribution in [0.25, 0.3) is 82.1 Å². The lowest BCUT2D eigenvalue weighted by Crippen LogP contribution is -2.10. The number of benzene rings is 10. The summed E-state index contributed by atoms with van der Waals surface area (Å²) in [6, 6.07) is 75.1. The van der Waals surface area contributed by atoms with E-state index in [4.69, 9.17) is 0 Å². The first-order chi connectivity index (χ1) is 26.8. The van der Waals surface area contributed by atoms with Crippen molar-refractivity contribution in [1.82, 2.24) is 4.57 Å². The van der Waals surface area contributed by atoms with Gasteiger partial charge >= 0.3 is 0 Å². The summed E-state index contributed by atoms with van der Waals surface area (Å²) in [5, 5.41) is 10.1. The number of para-hydroxylation sites is 3. The van der Waals surface area contributed by atoms with Gasteiger partial charge in [0.1, 0.15) is 0 Å². The van der Waals surface area contributed by atoms with Gasteiger partial charge in [-0.3, -0.25) is 0 Å². The first-order valence-corrected chi connectivity index (χ1v) is 18.6. The summed E-state index contributed by atoms with van der Waals surface area (Å²) in [6.07, 6.45) is 0. The monoisotopic (exact) mass is 686 g/mol. The summed E-state index contributed by atoms with van der Waals surface area (Å²) in [5.74, 6) is 0. The van der Waals surface area contributed by atoms with Gasteiger partial charge in [0.15, 0.2) is 0 Å². The number of hydrogen-bond donors (Lipinski definition) is 0. The molecule has 0 spiro atoms. The van der Waals surface area contributed by atoms with Crippen LogP contribution in [0.3, 0.4) is 0 Å². The first-order valence-electron chi connectivity index (χ1n) is 18.6. The molecule has 0 bridgehead atoms. The van der Waals surface area contributed by atoms with Crippen LogP contribution >= 0.6 is 0 Å². The van der Waals surface area contributed by atoms with Gasteiger partial charge in [-0.25, -0.2) is 0 Å². The Bertz CT molecular complexity index is 3070. The lowest BCUT2D eigenvalue weighted by Gasteiger charge is -2.28. The van der Waals surface area contributed by atoms with E-state index >= 15 is 0 Å². The van der Waals surface area contributed by atoms with Gasteiger partial charge in [-0.1, -0.05) is 158 Å². The maximum absolute atomic E-state index is 2.45. The Balaban J connectivity index is 1.07. The van der Waals surface area contributed by atoms with Crippen molar-refractivity contribution in [3.05, 3.63) is 206 Å². The maximum Gasteiger partial charge on any atom is 0.0541 e. The van der Waals surface area contributed by atoms with E-state index in [1.807, 2.05) is 0 Å². The Morgan fingerprint density at radius 1 is 0.296 bits per heavy atom. The van der Waals surface area contributed by atoms with Crippen LogP contribution in [-0.4, -0.2) is 4.57 Å². The fraction of sp³-hybridized carbons (Fsp3) is 0. The molecule has 0 atom stereocenters. The second kappa shape index (κ2) is 12.2. The molecule has 252 valence electrons. The fourth-order valence-corrected chi connectivity index (χ4v) is 8.64. The molecular weight excluding hydrogens is 653 g/mol. The van der Waals surface area contributed by atoms with Gasteiger partial charge in [0.25, 0.3) is 0 Å². The molecule has 0 unspecified atom stereocenters. The molecule has 0 saturated heterocycles. The molecule has 1 aromatic heterocycles. The molecule has 2 heteroatoms. The summed E-state index contributed by atoms with van der Waals surface area (Å²) < 4.78 is 2.45. The average Bonchev–Trinajstić information content (AvgIpc) is 3.58. The van der Waals surface area contributed by atoms with Crippen molar-refractivity contribution < 1.29 is 0 Å². The number of nitrogens with zero attached hydrogens (tertiary/aromatic N) is 2. The van der Waals surface area contributed by atoms with Crippen LogP contribution in [0.4, 0.5) is 17.1 Å². The van der Waals surface area contributed by atoms with E-state index in [0.717, 1.165) is 17.1 Å². The zero-order valence-corrected chi connectivity index (χ0v) is 29.5. The standard InChI is InChI=1S/C52H34N2/c1-3-11-35(12-4-1)36-19-21-37(22-20-36)38-23-29-42(30-24-38)53(41-13-5-2-6-14-41)49-33-27-39-26-32-46-50(34-28-40-25-31-45(49)51(39)52(40)46)54-47-17-9-7-15-43(47)44-16-8-10-18-48(44)54/h1-34H. The molecule has 0 aliphatic carbocycles. The predicted molar refractivity (Wildman–Crippen MR) is 230 cm³/mol. The number of rotatable bonds is 6. The minimum atomic E-state index is 1.12. The summed E-state index contributed by atoms with van der Waals surface area (Å²) in [4.78, 5) is 2.40. The third-order valence-corrected chi connectivity index (χ3v) is 11.1. The Hall–Kier alpha value is -7.16. The number of anilines is 3. The van der Waals surface area contributed by atoms with E-state index in [2.05, 4.69) is 216 Å². The largest absolute Gasteiger partial charge is 0.310 e. The van der Waals surface area contributed by atoms with Crippen LogP contribution in [-0.2, 0) is 0 Å². The van der Waals surface area contributed by atoms with Crippen molar-refractivity contribution in [2.75, 3.05) is 4.90 Å². The predicted octanol–water partition coefficient (Wildman–Crippen LogP) is 14.5. The Kier molecular flexibility index (Phi) is 6.90. The second-order valence-corrected chi connectivity index (χ2v) is 14.1. The van der Waals surface area contributed by atoms with Gasteiger partial charge < -0.3 is 9.47 Å². The summed E-state index contributed by atoms with van der Waals surface area (Å²) >= 11 is 0. The minimum Gasteiger partial charge on any atom is -0.310 e. The van der Waals surface area contributed by atoms with Crippen molar-refractivity contribution in [2.45, 2.75) is 0 Å². The number of fused-ring (bicyclic) bond motifs is 3. The number of aromatic nitrogens is 1. The van der Waals surface area contributed by atoms with E-state index in [9.17, 15) is 0 Å². The molecule has 2 nitrogen and oxygen atoms in total. The highest BCUT2D eigenvalue weighted by atomic mass is 15.1. The third-order valence-electron chi connectivity index (χ3n) is 11.1. The molecule has 0 amide bonds. The lowest BCUT2D eigenvalue weighted by atomic mass is 9.92. The molecular formula is C52H34N2. The van der Waals surface area contributed by atoms with E-state index in [0.29, 0.717) is 0 Å². The summed E-state index contributed by atoms with van der Waals surface area (Å²) in [5.41, 5.74) is 11.9. The zero-order valence-electron chi connectivity index (χ0n) is 29.5. The Morgan fingerprint density at radius 3 is 1.37 bits per heavy atom. The van der Waals surface area contributed by atoms with E-state index in [1.54, 1.807) is 0 Å². The summed E-state index contributed by atoms with van der Waals surface area (Å²) in [6.45, 7) is 0. The van der Waals surface area contributed by atoms with Crippen molar-refractivity contribution in [2.24, 2.45) is 0 Å². The highest BCUT2D eigenvalue weighted by molar-refractivity contribution is 6.27. The van der Waals surface area contributed by atoms with Gasteiger partial charge in [0.05, 0.1) is 22.4 Å². The van der Waals surface area contributed by atoms with Crippen molar-refractivity contribution in [3.63, 3.8) is 0 Å².